The van der Waals surface area contributed by atoms with Gasteiger partial charge in [0.1, 0.15) is 14.6 Å². The maximum atomic E-state index is 7.01. The van der Waals surface area contributed by atoms with Crippen molar-refractivity contribution < 1.29 is 0 Å². The highest BCUT2D eigenvalue weighted by atomic mass is 14.7. The standard InChI is InChI=1S/C28H28B2N2/c31-27(23-13-5-1-6-14-23,24-15-7-2-8-16-24)29-21-22-30-28(32,25-17-9-3-10-18-25)26-19-11-4-12-20-26/h1-20H,21-22,31-32H2. The Morgan fingerprint density at radius 1 is 0.406 bits per heavy atom. The molecule has 156 valence electrons. The van der Waals surface area contributed by atoms with Gasteiger partial charge in [-0.05, 0) is 22.3 Å². The summed E-state index contributed by atoms with van der Waals surface area (Å²) in [5.74, 6) is 0. The fraction of sp³-hybridized carbons (Fsp3) is 0.143. The SMILES string of the molecule is NC([B]CC[B]C(N)(c1ccccc1)c1ccccc1)(c1ccccc1)c1ccccc1. The van der Waals surface area contributed by atoms with Gasteiger partial charge in [0.05, 0.1) is 0 Å². The molecule has 4 N–H and O–H groups in total. The molecule has 4 rings (SSSR count). The second-order valence-corrected chi connectivity index (χ2v) is 8.19. The lowest BCUT2D eigenvalue weighted by Crippen LogP contribution is -2.46. The molecule has 2 nitrogen and oxygen atoms in total. The van der Waals surface area contributed by atoms with E-state index in [2.05, 4.69) is 63.1 Å². The Hall–Kier alpha value is -3.07. The predicted octanol–water partition coefficient (Wildman–Crippen LogP) is 4.95. The van der Waals surface area contributed by atoms with Crippen molar-refractivity contribution in [2.45, 2.75) is 23.5 Å². The number of benzene rings is 4. The summed E-state index contributed by atoms with van der Waals surface area (Å²) in [5.41, 5.74) is 17.0. The summed E-state index contributed by atoms with van der Waals surface area (Å²) >= 11 is 0. The van der Waals surface area contributed by atoms with Crippen molar-refractivity contribution in [1.29, 1.82) is 0 Å². The van der Waals surface area contributed by atoms with Crippen molar-refractivity contribution in [3.05, 3.63) is 144 Å². The highest BCUT2D eigenvalue weighted by Gasteiger charge is 2.32. The summed E-state index contributed by atoms with van der Waals surface area (Å²) in [7, 11) is 4.43. The first-order valence-corrected chi connectivity index (χ1v) is 11.1. The average molecular weight is 414 g/mol. The number of rotatable bonds is 9. The summed E-state index contributed by atoms with van der Waals surface area (Å²) in [5, 5.41) is 0. The van der Waals surface area contributed by atoms with Gasteiger partial charge in [-0.15, -0.1) is 0 Å². The molecule has 4 aromatic carbocycles. The van der Waals surface area contributed by atoms with Crippen molar-refractivity contribution in [3.63, 3.8) is 0 Å². The molecule has 0 amide bonds. The van der Waals surface area contributed by atoms with Gasteiger partial charge in [0.25, 0.3) is 0 Å². The van der Waals surface area contributed by atoms with Crippen LogP contribution >= 0.6 is 0 Å². The molecule has 0 aliphatic rings. The van der Waals surface area contributed by atoms with Gasteiger partial charge in [0, 0.05) is 10.9 Å². The molecule has 4 aromatic rings. The lowest BCUT2D eigenvalue weighted by molar-refractivity contribution is 0.747. The zero-order valence-electron chi connectivity index (χ0n) is 18.3. The first kappa shape index (κ1) is 22.1. The molecule has 0 spiro atoms. The highest BCUT2D eigenvalue weighted by Crippen LogP contribution is 2.30. The first-order valence-electron chi connectivity index (χ1n) is 11.1. The van der Waals surface area contributed by atoms with Gasteiger partial charge >= 0.3 is 0 Å². The van der Waals surface area contributed by atoms with Gasteiger partial charge in [-0.1, -0.05) is 134 Å². The quantitative estimate of drug-likeness (QED) is 0.301. The van der Waals surface area contributed by atoms with Gasteiger partial charge in [-0.25, -0.2) is 0 Å². The monoisotopic (exact) mass is 414 g/mol. The molecule has 0 aromatic heterocycles. The smallest absolute Gasteiger partial charge is 0.148 e. The van der Waals surface area contributed by atoms with Gasteiger partial charge in [-0.3, -0.25) is 0 Å². The van der Waals surface area contributed by atoms with Crippen LogP contribution in [0.15, 0.2) is 121 Å². The van der Waals surface area contributed by atoms with E-state index in [9.17, 15) is 0 Å². The minimum atomic E-state index is -0.660. The summed E-state index contributed by atoms with van der Waals surface area (Å²) in [6.07, 6.45) is 1.61. The summed E-state index contributed by atoms with van der Waals surface area (Å²) in [6.45, 7) is 0. The van der Waals surface area contributed by atoms with E-state index >= 15 is 0 Å². The summed E-state index contributed by atoms with van der Waals surface area (Å²) in [4.78, 5) is 0. The Morgan fingerprint density at radius 3 is 0.844 bits per heavy atom. The second kappa shape index (κ2) is 10.0. The molecule has 0 aliphatic carbocycles. The second-order valence-electron chi connectivity index (χ2n) is 8.19. The third-order valence-corrected chi connectivity index (χ3v) is 6.11. The van der Waals surface area contributed by atoms with Gasteiger partial charge in [0.15, 0.2) is 0 Å². The number of nitrogens with two attached hydrogens (primary N) is 2. The normalized spacial score (nSPS) is 11.7. The number of hydrogen-bond acceptors (Lipinski definition) is 2. The fourth-order valence-corrected chi connectivity index (χ4v) is 4.28. The van der Waals surface area contributed by atoms with E-state index in [1.807, 2.05) is 72.8 Å². The Balaban J connectivity index is 1.54. The van der Waals surface area contributed by atoms with Crippen LogP contribution in [0.25, 0.3) is 0 Å². The van der Waals surface area contributed by atoms with Crippen LogP contribution in [0.3, 0.4) is 0 Å². The molecule has 32 heavy (non-hydrogen) atoms. The van der Waals surface area contributed by atoms with Crippen LogP contribution < -0.4 is 11.5 Å². The Labute approximate surface area is 193 Å². The van der Waals surface area contributed by atoms with Crippen LogP contribution in [0.1, 0.15) is 22.3 Å². The van der Waals surface area contributed by atoms with Gasteiger partial charge in [0.2, 0.25) is 0 Å². The van der Waals surface area contributed by atoms with Crippen molar-refractivity contribution in [2.75, 3.05) is 0 Å². The zero-order chi connectivity index (χ0) is 22.3. The van der Waals surface area contributed by atoms with Crippen molar-refractivity contribution in [1.82, 2.24) is 0 Å². The van der Waals surface area contributed by atoms with E-state index < -0.39 is 10.9 Å². The van der Waals surface area contributed by atoms with Crippen molar-refractivity contribution >= 4 is 14.6 Å². The molecular weight excluding hydrogens is 386 g/mol. The highest BCUT2D eigenvalue weighted by molar-refractivity contribution is 6.47. The third kappa shape index (κ3) is 4.72. The Morgan fingerprint density at radius 2 is 0.625 bits per heavy atom. The maximum Gasteiger partial charge on any atom is 0.148 e. The molecule has 0 atom stereocenters. The molecule has 0 bridgehead atoms. The molecule has 0 saturated carbocycles. The number of hydrogen-bond donors (Lipinski definition) is 2. The third-order valence-electron chi connectivity index (χ3n) is 6.11. The minimum Gasteiger partial charge on any atom is -0.325 e. The summed E-state index contributed by atoms with van der Waals surface area (Å²) < 4.78 is 0. The molecule has 0 unspecified atom stereocenters. The lowest BCUT2D eigenvalue weighted by Gasteiger charge is -2.33. The predicted molar refractivity (Wildman–Crippen MR) is 137 cm³/mol. The molecular formula is C28H28B2N2. The van der Waals surface area contributed by atoms with Gasteiger partial charge < -0.3 is 11.5 Å². The average Bonchev–Trinajstić information content (AvgIpc) is 2.88. The largest absolute Gasteiger partial charge is 0.325 e. The Kier molecular flexibility index (Phi) is 6.94. The van der Waals surface area contributed by atoms with Crippen LogP contribution in [0.5, 0.6) is 0 Å². The van der Waals surface area contributed by atoms with Crippen LogP contribution in [-0.4, -0.2) is 14.6 Å². The molecule has 0 heterocycles. The van der Waals surface area contributed by atoms with E-state index in [-0.39, 0.29) is 0 Å². The van der Waals surface area contributed by atoms with Crippen molar-refractivity contribution in [3.8, 4) is 0 Å². The van der Waals surface area contributed by atoms with E-state index in [0.29, 0.717) is 0 Å². The van der Waals surface area contributed by atoms with E-state index in [0.717, 1.165) is 34.9 Å². The van der Waals surface area contributed by atoms with E-state index in [1.165, 1.54) is 0 Å². The van der Waals surface area contributed by atoms with Crippen LogP contribution in [-0.2, 0) is 10.9 Å². The van der Waals surface area contributed by atoms with E-state index in [1.54, 1.807) is 0 Å². The van der Waals surface area contributed by atoms with Crippen LogP contribution in [0.2, 0.25) is 12.6 Å². The first-order chi connectivity index (χ1) is 15.6. The topological polar surface area (TPSA) is 52.0 Å². The maximum absolute atomic E-state index is 7.01. The fourth-order valence-electron chi connectivity index (χ4n) is 4.28. The lowest BCUT2D eigenvalue weighted by atomic mass is 9.44. The van der Waals surface area contributed by atoms with Gasteiger partial charge in [-0.2, -0.15) is 0 Å². The molecule has 0 saturated heterocycles. The molecule has 0 fully saturated rings. The van der Waals surface area contributed by atoms with Crippen LogP contribution in [0, 0.1) is 0 Å². The summed E-state index contributed by atoms with van der Waals surface area (Å²) in [6, 6.07) is 41.1. The molecule has 0 aliphatic heterocycles. The van der Waals surface area contributed by atoms with Crippen LogP contribution in [0.4, 0.5) is 0 Å². The Bertz CT molecular complexity index is 917. The zero-order valence-corrected chi connectivity index (χ0v) is 18.3. The molecule has 4 heteroatoms. The molecule has 2 radical (unpaired) electrons. The minimum absolute atomic E-state index is 0.660. The van der Waals surface area contributed by atoms with Crippen molar-refractivity contribution in [2.24, 2.45) is 11.5 Å². The van der Waals surface area contributed by atoms with E-state index in [4.69, 9.17) is 11.5 Å².